The Bertz CT molecular complexity index is 795. The summed E-state index contributed by atoms with van der Waals surface area (Å²) in [4.78, 5) is 23.7. The van der Waals surface area contributed by atoms with E-state index in [1.54, 1.807) is 6.07 Å². The molecule has 0 fully saturated rings. The fourth-order valence-corrected chi connectivity index (χ4v) is 2.83. The molecule has 7 heteroatoms. The van der Waals surface area contributed by atoms with E-state index in [0.29, 0.717) is 11.4 Å². The summed E-state index contributed by atoms with van der Waals surface area (Å²) < 4.78 is 11.0. The zero-order valence-electron chi connectivity index (χ0n) is 13.8. The number of hydrogen-bond acceptors (Lipinski definition) is 4. The van der Waals surface area contributed by atoms with Crippen molar-refractivity contribution in [2.24, 2.45) is 0 Å². The number of methoxy groups -OCH3 is 1. The van der Waals surface area contributed by atoms with E-state index in [0.717, 1.165) is 10.9 Å². The first-order chi connectivity index (χ1) is 11.9. The highest BCUT2D eigenvalue weighted by Crippen LogP contribution is 2.26. The molecule has 2 aromatic rings. The largest absolute Gasteiger partial charge is 0.483 e. The molecule has 0 aliphatic rings. The van der Waals surface area contributed by atoms with E-state index in [2.05, 4.69) is 32.9 Å². The van der Waals surface area contributed by atoms with E-state index < -0.39 is 5.97 Å². The van der Waals surface area contributed by atoms with Crippen molar-refractivity contribution < 1.29 is 19.1 Å². The Morgan fingerprint density at radius 3 is 2.60 bits per heavy atom. The van der Waals surface area contributed by atoms with Crippen LogP contribution in [-0.2, 0) is 16.0 Å². The molecule has 0 unspecified atom stereocenters. The number of halogens is 2. The molecule has 25 heavy (non-hydrogen) atoms. The number of benzene rings is 2. The third kappa shape index (κ3) is 5.21. The number of ether oxygens (including phenoxy) is 2. The van der Waals surface area contributed by atoms with Gasteiger partial charge in [-0.1, -0.05) is 24.6 Å². The highest BCUT2D eigenvalue weighted by Gasteiger charge is 2.13. The van der Waals surface area contributed by atoms with Crippen molar-refractivity contribution in [1.82, 2.24) is 0 Å². The predicted molar refractivity (Wildman–Crippen MR) is 100 cm³/mol. The predicted octanol–water partition coefficient (Wildman–Crippen LogP) is 4.47. The summed E-state index contributed by atoms with van der Waals surface area (Å²) in [5, 5.41) is 2.91. The van der Waals surface area contributed by atoms with E-state index in [-0.39, 0.29) is 23.1 Å². The molecular weight excluding hydrogens is 410 g/mol. The molecular formula is C18H17BrClNO4. The molecule has 0 heterocycles. The lowest BCUT2D eigenvalue weighted by molar-refractivity contribution is -0.118. The average molecular weight is 427 g/mol. The van der Waals surface area contributed by atoms with E-state index in [4.69, 9.17) is 16.3 Å². The van der Waals surface area contributed by atoms with E-state index in [1.165, 1.54) is 24.8 Å². The normalized spacial score (nSPS) is 10.2. The van der Waals surface area contributed by atoms with Gasteiger partial charge in [-0.2, -0.15) is 0 Å². The molecule has 0 aliphatic heterocycles. The number of amides is 1. The van der Waals surface area contributed by atoms with Crippen molar-refractivity contribution >= 4 is 45.1 Å². The quantitative estimate of drug-likeness (QED) is 0.692. The van der Waals surface area contributed by atoms with Gasteiger partial charge in [0.1, 0.15) is 5.75 Å². The molecule has 0 saturated carbocycles. The number of carbonyl (C=O) groups is 2. The molecule has 1 amide bonds. The molecule has 0 saturated heterocycles. The number of anilines is 1. The lowest BCUT2D eigenvalue weighted by atomic mass is 10.2. The van der Waals surface area contributed by atoms with Crippen LogP contribution >= 0.6 is 27.5 Å². The number of hydrogen-bond donors (Lipinski definition) is 1. The van der Waals surface area contributed by atoms with Gasteiger partial charge in [-0.15, -0.1) is 0 Å². The van der Waals surface area contributed by atoms with Gasteiger partial charge < -0.3 is 14.8 Å². The number of carbonyl (C=O) groups excluding carboxylic acids is 2. The maximum Gasteiger partial charge on any atom is 0.339 e. The van der Waals surface area contributed by atoms with Crippen molar-refractivity contribution in [2.75, 3.05) is 19.0 Å². The van der Waals surface area contributed by atoms with Crippen LogP contribution in [0.4, 0.5) is 5.69 Å². The lowest BCUT2D eigenvalue weighted by Gasteiger charge is -2.11. The first kappa shape index (κ1) is 19.3. The van der Waals surface area contributed by atoms with Crippen LogP contribution in [0.3, 0.4) is 0 Å². The Morgan fingerprint density at radius 2 is 1.96 bits per heavy atom. The number of rotatable bonds is 6. The number of aryl methyl sites for hydroxylation is 1. The van der Waals surface area contributed by atoms with Crippen LogP contribution in [0.5, 0.6) is 5.75 Å². The van der Waals surface area contributed by atoms with Crippen molar-refractivity contribution in [3.05, 3.63) is 57.0 Å². The molecule has 1 N–H and O–H groups in total. The molecule has 0 aromatic heterocycles. The number of nitrogens with one attached hydrogen (secondary N) is 1. The summed E-state index contributed by atoms with van der Waals surface area (Å²) in [5.74, 6) is -0.347. The highest BCUT2D eigenvalue weighted by molar-refractivity contribution is 9.10. The third-order valence-corrected chi connectivity index (χ3v) is 4.37. The van der Waals surface area contributed by atoms with Crippen molar-refractivity contribution in [3.63, 3.8) is 0 Å². The van der Waals surface area contributed by atoms with Gasteiger partial charge in [0.15, 0.2) is 6.61 Å². The minimum atomic E-state index is -0.572. The van der Waals surface area contributed by atoms with Gasteiger partial charge in [0.05, 0.1) is 22.2 Å². The van der Waals surface area contributed by atoms with Gasteiger partial charge in [-0.05, 0) is 58.2 Å². The van der Waals surface area contributed by atoms with E-state index in [1.807, 2.05) is 18.2 Å². The van der Waals surface area contributed by atoms with Crippen LogP contribution in [0.15, 0.2) is 40.9 Å². The Morgan fingerprint density at radius 1 is 1.20 bits per heavy atom. The molecule has 0 bridgehead atoms. The minimum absolute atomic E-state index is 0.166. The van der Waals surface area contributed by atoms with Crippen molar-refractivity contribution in [1.29, 1.82) is 0 Å². The fraction of sp³-hybridized carbons (Fsp3) is 0.222. The smallest absolute Gasteiger partial charge is 0.339 e. The Labute approximate surface area is 159 Å². The van der Waals surface area contributed by atoms with Crippen LogP contribution in [0.1, 0.15) is 22.8 Å². The first-order valence-electron chi connectivity index (χ1n) is 7.53. The molecule has 2 aromatic carbocycles. The monoisotopic (exact) mass is 425 g/mol. The highest BCUT2D eigenvalue weighted by atomic mass is 79.9. The second-order valence-electron chi connectivity index (χ2n) is 5.14. The summed E-state index contributed by atoms with van der Waals surface area (Å²) >= 11 is 9.37. The molecule has 0 spiro atoms. The average Bonchev–Trinajstić information content (AvgIpc) is 2.61. The third-order valence-electron chi connectivity index (χ3n) is 3.42. The van der Waals surface area contributed by atoms with Gasteiger partial charge >= 0.3 is 5.97 Å². The van der Waals surface area contributed by atoms with Crippen molar-refractivity contribution in [2.45, 2.75) is 13.3 Å². The van der Waals surface area contributed by atoms with Gasteiger partial charge in [0.2, 0.25) is 0 Å². The minimum Gasteiger partial charge on any atom is -0.483 e. The van der Waals surface area contributed by atoms with Crippen molar-refractivity contribution in [3.8, 4) is 5.75 Å². The molecule has 0 aliphatic carbocycles. The van der Waals surface area contributed by atoms with Gasteiger partial charge in [-0.3, -0.25) is 4.79 Å². The standard InChI is InChI=1S/C18H17BrClNO4/c1-3-11-4-7-16(14(19)8-11)25-10-17(22)21-12-5-6-15(20)13(9-12)18(23)24-2/h4-9H,3,10H2,1-2H3,(H,21,22). The van der Waals surface area contributed by atoms with Crippen LogP contribution in [0.2, 0.25) is 5.02 Å². The topological polar surface area (TPSA) is 64.6 Å². The molecule has 5 nitrogen and oxygen atoms in total. The molecule has 2 rings (SSSR count). The summed E-state index contributed by atoms with van der Waals surface area (Å²) in [5.41, 5.74) is 1.78. The van der Waals surface area contributed by atoms with E-state index in [9.17, 15) is 9.59 Å². The maximum absolute atomic E-state index is 12.1. The lowest BCUT2D eigenvalue weighted by Crippen LogP contribution is -2.20. The zero-order valence-corrected chi connectivity index (χ0v) is 16.1. The van der Waals surface area contributed by atoms with Gasteiger partial charge in [-0.25, -0.2) is 4.79 Å². The Hall–Kier alpha value is -2.05. The van der Waals surface area contributed by atoms with Gasteiger partial charge in [0, 0.05) is 5.69 Å². The summed E-state index contributed by atoms with van der Waals surface area (Å²) in [6.07, 6.45) is 0.915. The van der Waals surface area contributed by atoms with Gasteiger partial charge in [0.25, 0.3) is 5.91 Å². The first-order valence-corrected chi connectivity index (χ1v) is 8.70. The maximum atomic E-state index is 12.1. The second-order valence-corrected chi connectivity index (χ2v) is 6.40. The van der Waals surface area contributed by atoms with Crippen LogP contribution in [0, 0.1) is 0 Å². The summed E-state index contributed by atoms with van der Waals surface area (Å²) in [6.45, 7) is 1.89. The Balaban J connectivity index is 2.00. The van der Waals surface area contributed by atoms with E-state index >= 15 is 0 Å². The Kier molecular flexibility index (Phi) is 6.84. The second kappa shape index (κ2) is 8.87. The number of esters is 1. The summed E-state index contributed by atoms with van der Waals surface area (Å²) in [7, 11) is 1.26. The fourth-order valence-electron chi connectivity index (χ4n) is 2.09. The molecule has 0 radical (unpaired) electrons. The molecule has 132 valence electrons. The van der Waals surface area contributed by atoms with Crippen LogP contribution in [-0.4, -0.2) is 25.6 Å². The van der Waals surface area contributed by atoms with Crippen LogP contribution in [0.25, 0.3) is 0 Å². The molecule has 0 atom stereocenters. The van der Waals surface area contributed by atoms with Crippen LogP contribution < -0.4 is 10.1 Å². The summed E-state index contributed by atoms with van der Waals surface area (Å²) in [6, 6.07) is 10.3. The SMILES string of the molecule is CCc1ccc(OCC(=O)Nc2ccc(Cl)c(C(=O)OC)c2)c(Br)c1. The zero-order chi connectivity index (χ0) is 18.4.